The van der Waals surface area contributed by atoms with E-state index >= 15 is 0 Å². The molecular weight excluding hydrogens is 646 g/mol. The second-order valence-electron chi connectivity index (χ2n) is 10.4. The number of nitrogens with one attached hydrogen (secondary N) is 3. The molecule has 4 aromatic rings. The van der Waals surface area contributed by atoms with Gasteiger partial charge in [-0.05, 0) is 66.2 Å². The van der Waals surface area contributed by atoms with Gasteiger partial charge in [0.25, 0.3) is 17.7 Å². The Balaban J connectivity index is 1.29. The molecule has 1 aliphatic heterocycles. The van der Waals surface area contributed by atoms with Gasteiger partial charge in [0.1, 0.15) is 11.5 Å². The van der Waals surface area contributed by atoms with Gasteiger partial charge in [-0.25, -0.2) is 0 Å². The number of nitrogens with zero attached hydrogens (tertiary/aromatic N) is 2. The number of hydrazone groups is 1. The molecular formula is C36H33N5O7S. The summed E-state index contributed by atoms with van der Waals surface area (Å²) in [5.74, 6) is -0.221. The van der Waals surface area contributed by atoms with Crippen molar-refractivity contribution in [2.45, 2.75) is 11.3 Å². The summed E-state index contributed by atoms with van der Waals surface area (Å²) in [5.41, 5.74) is 1.87. The number of para-hydroxylation sites is 1. The van der Waals surface area contributed by atoms with Crippen LogP contribution in [-0.4, -0.2) is 56.5 Å². The van der Waals surface area contributed by atoms with Gasteiger partial charge in [0.2, 0.25) is 11.7 Å². The van der Waals surface area contributed by atoms with Gasteiger partial charge in [0, 0.05) is 16.1 Å². The standard InChI is InChI=1S/C36H33N5O7S/c1-46-29-18-23(19-30(47-2)34(29)48-3)17-28(38-35(44)24-11-6-4-7-12-24)36(45)37-25-13-10-16-27(20-25)49-22-32(42)39-31-21-33(43)41(40-31)26-14-8-5-9-15-26/h4-20H,21-22H2,1-3H3,(H,37,45)(H,38,44)(H,39,40,42)/b28-17+. The number of benzene rings is 4. The van der Waals surface area contributed by atoms with Gasteiger partial charge in [-0.2, -0.15) is 10.1 Å². The van der Waals surface area contributed by atoms with Gasteiger partial charge in [0.05, 0.1) is 39.2 Å². The van der Waals surface area contributed by atoms with Gasteiger partial charge >= 0.3 is 0 Å². The van der Waals surface area contributed by atoms with Gasteiger partial charge in [-0.15, -0.1) is 11.8 Å². The number of amides is 4. The fraction of sp³-hybridized carbons (Fsp3) is 0.139. The van der Waals surface area contributed by atoms with E-state index in [2.05, 4.69) is 21.1 Å². The molecule has 0 saturated heterocycles. The van der Waals surface area contributed by atoms with Gasteiger partial charge in [0.15, 0.2) is 11.5 Å². The van der Waals surface area contributed by atoms with Crippen molar-refractivity contribution in [2.24, 2.45) is 5.10 Å². The molecule has 0 atom stereocenters. The van der Waals surface area contributed by atoms with E-state index in [1.54, 1.807) is 91.0 Å². The van der Waals surface area contributed by atoms with Crippen LogP contribution in [0.2, 0.25) is 0 Å². The molecule has 250 valence electrons. The van der Waals surface area contributed by atoms with E-state index in [4.69, 9.17) is 14.2 Å². The average Bonchev–Trinajstić information content (AvgIpc) is 3.49. The van der Waals surface area contributed by atoms with E-state index in [0.29, 0.717) is 44.6 Å². The first kappa shape index (κ1) is 34.3. The zero-order valence-corrected chi connectivity index (χ0v) is 27.7. The van der Waals surface area contributed by atoms with Crippen molar-refractivity contribution in [1.29, 1.82) is 0 Å². The molecule has 0 unspecified atom stereocenters. The van der Waals surface area contributed by atoms with Crippen LogP contribution in [0.1, 0.15) is 22.3 Å². The van der Waals surface area contributed by atoms with E-state index in [9.17, 15) is 19.2 Å². The highest BCUT2D eigenvalue weighted by molar-refractivity contribution is 8.00. The number of carbonyl (C=O) groups excluding carboxylic acids is 4. The van der Waals surface area contributed by atoms with Crippen LogP contribution < -0.4 is 35.2 Å². The third kappa shape index (κ3) is 8.84. The van der Waals surface area contributed by atoms with Crippen LogP contribution in [0.3, 0.4) is 0 Å². The lowest BCUT2D eigenvalue weighted by atomic mass is 10.1. The first-order valence-corrected chi connectivity index (χ1v) is 15.9. The molecule has 0 fully saturated rings. The van der Waals surface area contributed by atoms with Crippen LogP contribution in [-0.2, 0) is 14.4 Å². The zero-order valence-electron chi connectivity index (χ0n) is 26.9. The number of thioether (sulfide) groups is 1. The maximum absolute atomic E-state index is 13.6. The maximum Gasteiger partial charge on any atom is 0.272 e. The Morgan fingerprint density at radius 3 is 2.16 bits per heavy atom. The van der Waals surface area contributed by atoms with Gasteiger partial charge in [-0.3, -0.25) is 19.2 Å². The third-order valence-corrected chi connectivity index (χ3v) is 8.04. The highest BCUT2D eigenvalue weighted by Gasteiger charge is 2.26. The lowest BCUT2D eigenvalue weighted by molar-refractivity contribution is -0.117. The summed E-state index contributed by atoms with van der Waals surface area (Å²) in [6, 6.07) is 27.7. The van der Waals surface area contributed by atoms with Gasteiger partial charge < -0.3 is 30.2 Å². The first-order valence-electron chi connectivity index (χ1n) is 15.0. The van der Waals surface area contributed by atoms with E-state index in [1.165, 1.54) is 44.2 Å². The monoisotopic (exact) mass is 679 g/mol. The van der Waals surface area contributed by atoms with Crippen molar-refractivity contribution >= 4 is 58.7 Å². The molecule has 1 heterocycles. The number of rotatable bonds is 12. The number of hydrogen-bond acceptors (Lipinski definition) is 9. The molecule has 0 bridgehead atoms. The fourth-order valence-electron chi connectivity index (χ4n) is 4.77. The molecule has 0 aromatic heterocycles. The second-order valence-corrected chi connectivity index (χ2v) is 11.5. The summed E-state index contributed by atoms with van der Waals surface area (Å²) in [5, 5.41) is 13.8. The average molecular weight is 680 g/mol. The fourth-order valence-corrected chi connectivity index (χ4v) is 5.53. The minimum absolute atomic E-state index is 0.0143. The van der Waals surface area contributed by atoms with E-state index in [1.807, 2.05) is 6.07 Å². The Morgan fingerprint density at radius 2 is 1.51 bits per heavy atom. The Kier molecular flexibility index (Phi) is 11.3. The maximum atomic E-state index is 13.6. The predicted molar refractivity (Wildman–Crippen MR) is 188 cm³/mol. The van der Waals surface area contributed by atoms with Crippen LogP contribution in [0.5, 0.6) is 17.2 Å². The quantitative estimate of drug-likeness (QED) is 0.139. The van der Waals surface area contributed by atoms with Crippen molar-refractivity contribution in [3.05, 3.63) is 114 Å². The van der Waals surface area contributed by atoms with Crippen molar-refractivity contribution in [3.8, 4) is 17.2 Å². The number of amidine groups is 1. The normalized spacial score (nSPS) is 12.6. The number of ether oxygens (including phenoxy) is 3. The first-order chi connectivity index (χ1) is 23.8. The van der Waals surface area contributed by atoms with Crippen molar-refractivity contribution in [2.75, 3.05) is 37.4 Å². The molecule has 0 aliphatic carbocycles. The summed E-state index contributed by atoms with van der Waals surface area (Å²) in [6.07, 6.45) is 1.48. The lowest BCUT2D eigenvalue weighted by Gasteiger charge is -2.15. The summed E-state index contributed by atoms with van der Waals surface area (Å²) < 4.78 is 16.3. The van der Waals surface area contributed by atoms with Crippen molar-refractivity contribution in [1.82, 2.24) is 10.6 Å². The Labute approximate surface area is 287 Å². The Morgan fingerprint density at radius 1 is 0.837 bits per heavy atom. The third-order valence-electron chi connectivity index (χ3n) is 7.05. The van der Waals surface area contributed by atoms with E-state index in [-0.39, 0.29) is 35.5 Å². The predicted octanol–water partition coefficient (Wildman–Crippen LogP) is 5.08. The summed E-state index contributed by atoms with van der Waals surface area (Å²) >= 11 is 1.24. The topological polar surface area (TPSA) is 148 Å². The highest BCUT2D eigenvalue weighted by Crippen LogP contribution is 2.38. The molecule has 3 N–H and O–H groups in total. The van der Waals surface area contributed by atoms with Crippen molar-refractivity contribution < 1.29 is 33.4 Å². The summed E-state index contributed by atoms with van der Waals surface area (Å²) in [7, 11) is 4.45. The largest absolute Gasteiger partial charge is 0.493 e. The second kappa shape index (κ2) is 16.2. The van der Waals surface area contributed by atoms with Crippen LogP contribution >= 0.6 is 11.8 Å². The summed E-state index contributed by atoms with van der Waals surface area (Å²) in [4.78, 5) is 52.6. The Bertz CT molecular complexity index is 1890. The number of methoxy groups -OCH3 is 3. The lowest BCUT2D eigenvalue weighted by Crippen LogP contribution is -2.31. The number of carbonyl (C=O) groups is 4. The highest BCUT2D eigenvalue weighted by atomic mass is 32.2. The molecule has 0 radical (unpaired) electrons. The smallest absolute Gasteiger partial charge is 0.272 e. The van der Waals surface area contributed by atoms with E-state index in [0.717, 1.165) is 0 Å². The number of anilines is 2. The SMILES string of the molecule is COc1cc(/C=C(/NC(=O)c2ccccc2)C(=O)Nc2cccc(SCC(=O)NC3=NN(c4ccccc4)C(=O)C3)c2)cc(OC)c1OC. The molecule has 0 spiro atoms. The van der Waals surface area contributed by atoms with Crippen LogP contribution in [0.4, 0.5) is 11.4 Å². The minimum Gasteiger partial charge on any atom is -0.493 e. The van der Waals surface area contributed by atoms with Crippen LogP contribution in [0.15, 0.2) is 113 Å². The molecule has 12 nitrogen and oxygen atoms in total. The molecule has 49 heavy (non-hydrogen) atoms. The Hall–Kier alpha value is -6.08. The number of hydrogen-bond donors (Lipinski definition) is 3. The molecule has 13 heteroatoms. The zero-order chi connectivity index (χ0) is 34.8. The molecule has 4 aromatic carbocycles. The molecule has 5 rings (SSSR count). The molecule has 0 saturated carbocycles. The molecule has 4 amide bonds. The van der Waals surface area contributed by atoms with E-state index < -0.39 is 11.8 Å². The van der Waals surface area contributed by atoms with Gasteiger partial charge in [-0.1, -0.05) is 42.5 Å². The minimum atomic E-state index is -0.593. The van der Waals surface area contributed by atoms with Crippen LogP contribution in [0, 0.1) is 0 Å². The van der Waals surface area contributed by atoms with Crippen LogP contribution in [0.25, 0.3) is 6.08 Å². The van der Waals surface area contributed by atoms with Crippen molar-refractivity contribution in [3.63, 3.8) is 0 Å². The summed E-state index contributed by atoms with van der Waals surface area (Å²) in [6.45, 7) is 0. The molecule has 1 aliphatic rings.